The van der Waals surface area contributed by atoms with Crippen molar-refractivity contribution in [3.8, 4) is 0 Å². The molecule has 3 rings (SSSR count). The maximum atomic E-state index is 12.3. The average Bonchev–Trinajstić information content (AvgIpc) is 2.46. The van der Waals surface area contributed by atoms with Crippen LogP contribution in [0.4, 0.5) is 0 Å². The average molecular weight is 290 g/mol. The van der Waals surface area contributed by atoms with Gasteiger partial charge in [0.05, 0.1) is 13.2 Å². The van der Waals surface area contributed by atoms with E-state index in [0.717, 1.165) is 38.9 Å². The summed E-state index contributed by atoms with van der Waals surface area (Å²) in [6, 6.07) is 0.0873. The second kappa shape index (κ2) is 5.29. The molecule has 19 heavy (non-hydrogen) atoms. The summed E-state index contributed by atoms with van der Waals surface area (Å²) >= 11 is 0. The van der Waals surface area contributed by atoms with E-state index in [2.05, 4.69) is 4.72 Å². The summed E-state index contributed by atoms with van der Waals surface area (Å²) in [6.07, 6.45) is 4.02. The van der Waals surface area contributed by atoms with Crippen LogP contribution in [0.3, 0.4) is 0 Å². The molecule has 3 fully saturated rings. The van der Waals surface area contributed by atoms with Crippen molar-refractivity contribution in [3.05, 3.63) is 0 Å². The predicted molar refractivity (Wildman–Crippen MR) is 70.0 cm³/mol. The highest BCUT2D eigenvalue weighted by atomic mass is 32.2. The summed E-state index contributed by atoms with van der Waals surface area (Å²) in [6.45, 7) is 3.41. The molecule has 2 saturated heterocycles. The lowest BCUT2D eigenvalue weighted by Crippen LogP contribution is -2.60. The van der Waals surface area contributed by atoms with E-state index in [4.69, 9.17) is 9.47 Å². The first-order valence-electron chi connectivity index (χ1n) is 7.05. The minimum absolute atomic E-state index is 0.0873. The molecular formula is C12H22N2O4S. The van der Waals surface area contributed by atoms with Gasteiger partial charge < -0.3 is 9.47 Å². The fourth-order valence-electron chi connectivity index (χ4n) is 3.30. The van der Waals surface area contributed by atoms with Gasteiger partial charge >= 0.3 is 0 Å². The third-order valence-electron chi connectivity index (χ3n) is 4.76. The van der Waals surface area contributed by atoms with Crippen molar-refractivity contribution < 1.29 is 17.9 Å². The first kappa shape index (κ1) is 13.8. The molecule has 1 aliphatic carbocycles. The Morgan fingerprint density at radius 2 is 1.63 bits per heavy atom. The van der Waals surface area contributed by atoms with Gasteiger partial charge in [-0.05, 0) is 31.1 Å². The topological polar surface area (TPSA) is 67.9 Å². The molecule has 0 aromatic rings. The predicted octanol–water partition coefficient (Wildman–Crippen LogP) is 0.112. The van der Waals surface area contributed by atoms with Crippen molar-refractivity contribution in [2.24, 2.45) is 5.41 Å². The summed E-state index contributed by atoms with van der Waals surface area (Å²) in [7, 11) is -3.36. The van der Waals surface area contributed by atoms with E-state index in [1.807, 2.05) is 0 Å². The number of rotatable bonds is 3. The molecule has 6 nitrogen and oxygen atoms in total. The van der Waals surface area contributed by atoms with Crippen LogP contribution in [0, 0.1) is 5.41 Å². The Hall–Kier alpha value is -0.210. The summed E-state index contributed by atoms with van der Waals surface area (Å²) in [4.78, 5) is 0. The summed E-state index contributed by atoms with van der Waals surface area (Å²) in [5.74, 6) is 0. The first-order chi connectivity index (χ1) is 9.12. The fraction of sp³-hybridized carbons (Fsp3) is 1.00. The molecule has 0 radical (unpaired) electrons. The Morgan fingerprint density at radius 3 is 2.21 bits per heavy atom. The number of ether oxygens (including phenoxy) is 2. The van der Waals surface area contributed by atoms with Crippen molar-refractivity contribution in [2.75, 3.05) is 39.5 Å². The Bertz CT molecular complexity index is 413. The molecule has 2 heterocycles. The number of hydrogen-bond donors (Lipinski definition) is 1. The van der Waals surface area contributed by atoms with E-state index < -0.39 is 10.2 Å². The molecule has 1 saturated carbocycles. The Labute approximate surface area is 114 Å². The standard InChI is InChI=1S/C12H22N2O4S/c15-19(16,14-5-9-18-10-6-14)13-11-1-2-12(11)3-7-17-8-4-12/h11,13H,1-10H2. The highest BCUT2D eigenvalue weighted by Gasteiger charge is 2.49. The van der Waals surface area contributed by atoms with E-state index in [9.17, 15) is 8.42 Å². The van der Waals surface area contributed by atoms with Gasteiger partial charge in [-0.25, -0.2) is 0 Å². The lowest BCUT2D eigenvalue weighted by atomic mass is 9.60. The van der Waals surface area contributed by atoms with E-state index in [-0.39, 0.29) is 11.5 Å². The van der Waals surface area contributed by atoms with Crippen LogP contribution in [0.1, 0.15) is 25.7 Å². The van der Waals surface area contributed by atoms with Crippen molar-refractivity contribution in [1.82, 2.24) is 9.03 Å². The Kier molecular flexibility index (Phi) is 3.83. The molecular weight excluding hydrogens is 268 g/mol. The highest BCUT2D eigenvalue weighted by Crippen LogP contribution is 2.49. The third kappa shape index (κ3) is 2.67. The van der Waals surface area contributed by atoms with Crippen LogP contribution in [0.25, 0.3) is 0 Å². The van der Waals surface area contributed by atoms with Gasteiger partial charge in [-0.2, -0.15) is 17.4 Å². The lowest BCUT2D eigenvalue weighted by Gasteiger charge is -2.52. The molecule has 0 bridgehead atoms. The van der Waals surface area contributed by atoms with Crippen LogP contribution >= 0.6 is 0 Å². The summed E-state index contributed by atoms with van der Waals surface area (Å²) in [5, 5.41) is 0. The van der Waals surface area contributed by atoms with Crippen LogP contribution in [-0.2, 0) is 19.7 Å². The van der Waals surface area contributed by atoms with E-state index in [1.54, 1.807) is 0 Å². The number of hydrogen-bond acceptors (Lipinski definition) is 4. The zero-order valence-corrected chi connectivity index (χ0v) is 12.0. The van der Waals surface area contributed by atoms with Crippen molar-refractivity contribution in [1.29, 1.82) is 0 Å². The highest BCUT2D eigenvalue weighted by molar-refractivity contribution is 7.87. The molecule has 110 valence electrons. The molecule has 1 unspecified atom stereocenters. The Morgan fingerprint density at radius 1 is 1.00 bits per heavy atom. The van der Waals surface area contributed by atoms with E-state index in [0.29, 0.717) is 26.3 Å². The summed E-state index contributed by atoms with van der Waals surface area (Å²) < 4.78 is 39.7. The quantitative estimate of drug-likeness (QED) is 0.801. The maximum absolute atomic E-state index is 12.3. The van der Waals surface area contributed by atoms with Gasteiger partial charge in [0.1, 0.15) is 0 Å². The molecule has 3 aliphatic rings. The fourth-order valence-corrected chi connectivity index (χ4v) is 4.80. The molecule has 0 aromatic heterocycles. The second-order valence-electron chi connectivity index (χ2n) is 5.70. The van der Waals surface area contributed by atoms with Crippen LogP contribution in [0.2, 0.25) is 0 Å². The smallest absolute Gasteiger partial charge is 0.279 e. The molecule has 2 aliphatic heterocycles. The minimum Gasteiger partial charge on any atom is -0.381 e. The molecule has 7 heteroatoms. The van der Waals surface area contributed by atoms with Crippen LogP contribution in [0.5, 0.6) is 0 Å². The zero-order valence-electron chi connectivity index (χ0n) is 11.1. The first-order valence-corrected chi connectivity index (χ1v) is 8.49. The van der Waals surface area contributed by atoms with Gasteiger partial charge in [-0.15, -0.1) is 0 Å². The van der Waals surface area contributed by atoms with Crippen LogP contribution in [-0.4, -0.2) is 58.3 Å². The van der Waals surface area contributed by atoms with Crippen molar-refractivity contribution >= 4 is 10.2 Å². The van der Waals surface area contributed by atoms with Crippen molar-refractivity contribution in [3.63, 3.8) is 0 Å². The molecule has 0 amide bonds. The number of morpholine rings is 1. The van der Waals surface area contributed by atoms with Gasteiger partial charge in [0.25, 0.3) is 10.2 Å². The zero-order chi connectivity index (χ0) is 13.3. The third-order valence-corrected chi connectivity index (χ3v) is 6.39. The summed E-state index contributed by atoms with van der Waals surface area (Å²) in [5.41, 5.74) is 0.150. The minimum atomic E-state index is -3.36. The van der Waals surface area contributed by atoms with Gasteiger partial charge in [0, 0.05) is 32.3 Å². The monoisotopic (exact) mass is 290 g/mol. The number of nitrogens with zero attached hydrogens (tertiary/aromatic N) is 1. The van der Waals surface area contributed by atoms with Gasteiger partial charge in [-0.1, -0.05) is 0 Å². The SMILES string of the molecule is O=S(=O)(NC1CCC12CCOCC2)N1CCOCC1. The Balaban J connectivity index is 1.64. The second-order valence-corrected chi connectivity index (χ2v) is 7.40. The van der Waals surface area contributed by atoms with Crippen LogP contribution in [0.15, 0.2) is 0 Å². The lowest BCUT2D eigenvalue weighted by molar-refractivity contribution is -0.0489. The van der Waals surface area contributed by atoms with Crippen molar-refractivity contribution in [2.45, 2.75) is 31.7 Å². The van der Waals surface area contributed by atoms with Crippen LogP contribution < -0.4 is 4.72 Å². The largest absolute Gasteiger partial charge is 0.381 e. The number of nitrogens with one attached hydrogen (secondary N) is 1. The van der Waals surface area contributed by atoms with Gasteiger partial charge in [0.15, 0.2) is 0 Å². The van der Waals surface area contributed by atoms with E-state index in [1.165, 1.54) is 4.31 Å². The molecule has 1 N–H and O–H groups in total. The maximum Gasteiger partial charge on any atom is 0.279 e. The van der Waals surface area contributed by atoms with Gasteiger partial charge in [-0.3, -0.25) is 0 Å². The molecule has 1 atom stereocenters. The molecule has 0 aromatic carbocycles. The van der Waals surface area contributed by atoms with Gasteiger partial charge in [0.2, 0.25) is 0 Å². The van der Waals surface area contributed by atoms with E-state index >= 15 is 0 Å². The normalized spacial score (nSPS) is 32.1. The molecule has 1 spiro atoms.